The number of anilines is 2. The summed E-state index contributed by atoms with van der Waals surface area (Å²) in [5.74, 6) is 0.0815. The number of nitrogens with one attached hydrogen (secondary N) is 2. The van der Waals surface area contributed by atoms with Crippen molar-refractivity contribution in [3.63, 3.8) is 0 Å². The second kappa shape index (κ2) is 7.90. The van der Waals surface area contributed by atoms with Crippen molar-refractivity contribution in [1.82, 2.24) is 4.98 Å². The SMILES string of the molecule is O=C1CCCc2cc(-c3csc(N/N=C/c4ccccc4Cl)n3)ccc2N1. The van der Waals surface area contributed by atoms with E-state index in [-0.39, 0.29) is 5.91 Å². The highest BCUT2D eigenvalue weighted by molar-refractivity contribution is 7.14. The Labute approximate surface area is 166 Å². The summed E-state index contributed by atoms with van der Waals surface area (Å²) >= 11 is 7.60. The van der Waals surface area contributed by atoms with Gasteiger partial charge in [0.15, 0.2) is 0 Å². The molecule has 0 radical (unpaired) electrons. The minimum atomic E-state index is 0.0815. The lowest BCUT2D eigenvalue weighted by atomic mass is 10.0. The number of amides is 1. The van der Waals surface area contributed by atoms with Crippen LogP contribution in [0.4, 0.5) is 10.8 Å². The van der Waals surface area contributed by atoms with Crippen molar-refractivity contribution in [3.8, 4) is 11.3 Å². The van der Waals surface area contributed by atoms with Gasteiger partial charge in [0.1, 0.15) is 0 Å². The molecule has 2 aromatic carbocycles. The number of carbonyl (C=O) groups excluding carboxylic acids is 1. The van der Waals surface area contributed by atoms with Crippen LogP contribution in [0.5, 0.6) is 0 Å². The van der Waals surface area contributed by atoms with Crippen molar-refractivity contribution in [3.05, 3.63) is 64.0 Å². The number of halogens is 1. The smallest absolute Gasteiger partial charge is 0.224 e. The summed E-state index contributed by atoms with van der Waals surface area (Å²) in [5, 5.41) is 10.5. The van der Waals surface area contributed by atoms with Crippen LogP contribution in [0.1, 0.15) is 24.0 Å². The van der Waals surface area contributed by atoms with Crippen LogP contribution in [-0.4, -0.2) is 17.1 Å². The Bertz CT molecular complexity index is 1010. The highest BCUT2D eigenvalue weighted by Gasteiger charge is 2.14. The molecule has 0 spiro atoms. The van der Waals surface area contributed by atoms with Crippen LogP contribution in [0.2, 0.25) is 5.02 Å². The molecule has 3 aromatic rings. The molecule has 1 aliphatic rings. The molecule has 0 saturated carbocycles. The van der Waals surface area contributed by atoms with Gasteiger partial charge in [0.05, 0.1) is 11.9 Å². The first kappa shape index (κ1) is 17.7. The van der Waals surface area contributed by atoms with Gasteiger partial charge in [0.25, 0.3) is 0 Å². The number of carbonyl (C=O) groups is 1. The van der Waals surface area contributed by atoms with Crippen LogP contribution in [0.25, 0.3) is 11.3 Å². The summed E-state index contributed by atoms with van der Waals surface area (Å²) in [5.41, 5.74) is 7.76. The van der Waals surface area contributed by atoms with Gasteiger partial charge in [-0.05, 0) is 36.6 Å². The first-order valence-corrected chi connectivity index (χ1v) is 9.87. The lowest BCUT2D eigenvalue weighted by Gasteiger charge is -2.08. The molecule has 0 unspecified atom stereocenters. The average molecular weight is 397 g/mol. The molecular formula is C20H17ClN4OS. The standard InChI is InChI=1S/C20H17ClN4OS/c21-16-6-2-1-4-15(16)11-22-25-20-24-18(12-27-20)14-8-9-17-13(10-14)5-3-7-19(26)23-17/h1-2,4,6,8-12H,3,5,7H2,(H,23,26)(H,24,25)/b22-11+. The van der Waals surface area contributed by atoms with Crippen molar-refractivity contribution < 1.29 is 4.79 Å². The predicted octanol–water partition coefficient (Wildman–Crippen LogP) is 5.18. The molecule has 1 aliphatic heterocycles. The van der Waals surface area contributed by atoms with Gasteiger partial charge in [-0.3, -0.25) is 10.2 Å². The topological polar surface area (TPSA) is 66.4 Å². The Balaban J connectivity index is 1.49. The van der Waals surface area contributed by atoms with E-state index in [9.17, 15) is 4.79 Å². The van der Waals surface area contributed by atoms with Crippen LogP contribution in [0, 0.1) is 0 Å². The Morgan fingerprint density at radius 2 is 2.11 bits per heavy atom. The third kappa shape index (κ3) is 4.18. The van der Waals surface area contributed by atoms with Crippen LogP contribution >= 0.6 is 22.9 Å². The Hall–Kier alpha value is -2.70. The van der Waals surface area contributed by atoms with E-state index >= 15 is 0 Å². The zero-order valence-electron chi connectivity index (χ0n) is 14.4. The van der Waals surface area contributed by atoms with Crippen LogP contribution in [0.3, 0.4) is 0 Å². The summed E-state index contributed by atoms with van der Waals surface area (Å²) < 4.78 is 0. The molecule has 136 valence electrons. The van der Waals surface area contributed by atoms with E-state index in [1.807, 2.05) is 41.8 Å². The van der Waals surface area contributed by atoms with E-state index in [1.54, 1.807) is 6.21 Å². The van der Waals surface area contributed by atoms with Gasteiger partial charge in [0.2, 0.25) is 11.0 Å². The Morgan fingerprint density at radius 1 is 1.22 bits per heavy atom. The summed E-state index contributed by atoms with van der Waals surface area (Å²) in [7, 11) is 0. The van der Waals surface area contributed by atoms with E-state index in [0.29, 0.717) is 16.6 Å². The van der Waals surface area contributed by atoms with Gasteiger partial charge < -0.3 is 5.32 Å². The lowest BCUT2D eigenvalue weighted by Crippen LogP contribution is -2.09. The van der Waals surface area contributed by atoms with Gasteiger partial charge in [-0.25, -0.2) is 4.98 Å². The van der Waals surface area contributed by atoms with Crippen molar-refractivity contribution in [2.75, 3.05) is 10.7 Å². The van der Waals surface area contributed by atoms with Gasteiger partial charge in [-0.2, -0.15) is 5.10 Å². The second-order valence-electron chi connectivity index (χ2n) is 6.20. The summed E-state index contributed by atoms with van der Waals surface area (Å²) in [4.78, 5) is 16.3. The summed E-state index contributed by atoms with van der Waals surface area (Å²) in [6.07, 6.45) is 3.99. The predicted molar refractivity (Wildman–Crippen MR) is 112 cm³/mol. The molecule has 5 nitrogen and oxygen atoms in total. The van der Waals surface area contributed by atoms with Gasteiger partial charge in [-0.15, -0.1) is 11.3 Å². The normalized spacial score (nSPS) is 13.9. The summed E-state index contributed by atoms with van der Waals surface area (Å²) in [6.45, 7) is 0. The quantitative estimate of drug-likeness (QED) is 0.471. The molecule has 1 amide bonds. The second-order valence-corrected chi connectivity index (χ2v) is 7.47. The van der Waals surface area contributed by atoms with Gasteiger partial charge in [-0.1, -0.05) is 35.9 Å². The van der Waals surface area contributed by atoms with Gasteiger partial charge >= 0.3 is 0 Å². The lowest BCUT2D eigenvalue weighted by molar-refractivity contribution is -0.116. The van der Waals surface area contributed by atoms with E-state index in [1.165, 1.54) is 11.3 Å². The fourth-order valence-electron chi connectivity index (χ4n) is 2.93. The molecule has 7 heteroatoms. The molecule has 0 aliphatic carbocycles. The largest absolute Gasteiger partial charge is 0.326 e. The number of hydrazone groups is 1. The molecule has 0 fully saturated rings. The summed E-state index contributed by atoms with van der Waals surface area (Å²) in [6, 6.07) is 13.6. The number of nitrogens with zero attached hydrogens (tertiary/aromatic N) is 2. The van der Waals surface area contributed by atoms with Gasteiger partial charge in [0, 0.05) is 33.6 Å². The Kier molecular flexibility index (Phi) is 5.18. The van der Waals surface area contributed by atoms with Crippen LogP contribution in [-0.2, 0) is 11.2 Å². The van der Waals surface area contributed by atoms with Crippen molar-refractivity contribution in [1.29, 1.82) is 0 Å². The monoisotopic (exact) mass is 396 g/mol. The number of thiazole rings is 1. The molecule has 0 saturated heterocycles. The maximum absolute atomic E-state index is 11.7. The maximum atomic E-state index is 11.7. The number of aryl methyl sites for hydroxylation is 1. The molecule has 2 heterocycles. The molecule has 27 heavy (non-hydrogen) atoms. The van der Waals surface area contributed by atoms with E-state index in [0.717, 1.165) is 40.9 Å². The number of benzene rings is 2. The third-order valence-corrected chi connectivity index (χ3v) is 5.39. The number of fused-ring (bicyclic) bond motifs is 1. The van der Waals surface area contributed by atoms with Crippen molar-refractivity contribution in [2.24, 2.45) is 5.10 Å². The third-order valence-electron chi connectivity index (χ3n) is 4.30. The molecule has 0 bridgehead atoms. The van der Waals surface area contributed by atoms with E-state index < -0.39 is 0 Å². The number of aromatic nitrogens is 1. The highest BCUT2D eigenvalue weighted by atomic mass is 35.5. The average Bonchev–Trinajstić information content (AvgIpc) is 3.05. The molecular weight excluding hydrogens is 380 g/mol. The molecule has 1 aromatic heterocycles. The fraction of sp³-hybridized carbons (Fsp3) is 0.150. The fourth-order valence-corrected chi connectivity index (χ4v) is 3.78. The van der Waals surface area contributed by atoms with Crippen LogP contribution < -0.4 is 10.7 Å². The number of rotatable bonds is 4. The number of hydrogen-bond acceptors (Lipinski definition) is 5. The highest BCUT2D eigenvalue weighted by Crippen LogP contribution is 2.30. The minimum Gasteiger partial charge on any atom is -0.326 e. The van der Waals surface area contributed by atoms with Crippen molar-refractivity contribution in [2.45, 2.75) is 19.3 Å². The zero-order valence-corrected chi connectivity index (χ0v) is 16.0. The maximum Gasteiger partial charge on any atom is 0.224 e. The molecule has 4 rings (SSSR count). The van der Waals surface area contributed by atoms with Crippen molar-refractivity contribution >= 4 is 45.9 Å². The van der Waals surface area contributed by atoms with E-state index in [2.05, 4.69) is 26.9 Å². The molecule has 0 atom stereocenters. The minimum absolute atomic E-state index is 0.0815. The zero-order chi connectivity index (χ0) is 18.6. The molecule has 2 N–H and O–H groups in total. The van der Waals surface area contributed by atoms with Crippen LogP contribution in [0.15, 0.2) is 52.9 Å². The first-order chi connectivity index (χ1) is 13.2. The number of hydrogen-bond donors (Lipinski definition) is 2. The van der Waals surface area contributed by atoms with E-state index in [4.69, 9.17) is 11.6 Å². The first-order valence-electron chi connectivity index (χ1n) is 8.61. The Morgan fingerprint density at radius 3 is 3.00 bits per heavy atom.